The van der Waals surface area contributed by atoms with Crippen molar-refractivity contribution in [2.45, 2.75) is 44.6 Å². The molecule has 0 saturated heterocycles. The first-order valence-electron chi connectivity index (χ1n) is 7.79. The molecule has 0 bridgehead atoms. The van der Waals surface area contributed by atoms with E-state index in [1.807, 2.05) is 30.3 Å². The van der Waals surface area contributed by atoms with Gasteiger partial charge in [0.05, 0.1) is 6.07 Å². The monoisotopic (exact) mass is 317 g/mol. The van der Waals surface area contributed by atoms with Crippen molar-refractivity contribution in [3.8, 4) is 6.07 Å². The maximum absolute atomic E-state index is 11.9. The fourth-order valence-corrected chi connectivity index (χ4v) is 2.19. The van der Waals surface area contributed by atoms with Crippen molar-refractivity contribution in [1.82, 2.24) is 10.6 Å². The molecule has 0 radical (unpaired) electrons. The van der Waals surface area contributed by atoms with Crippen LogP contribution in [-0.4, -0.2) is 29.7 Å². The summed E-state index contributed by atoms with van der Waals surface area (Å²) < 4.78 is 0. The molecule has 124 valence electrons. The molecule has 1 aromatic rings. The number of urea groups is 1. The molecular weight excluding hydrogens is 294 g/mol. The Kier molecular flexibility index (Phi) is 8.91. The molecule has 0 fully saturated rings. The smallest absolute Gasteiger partial charge is 0.315 e. The molecule has 1 atom stereocenters. The van der Waals surface area contributed by atoms with Gasteiger partial charge in [-0.25, -0.2) is 4.79 Å². The summed E-state index contributed by atoms with van der Waals surface area (Å²) >= 11 is 0. The summed E-state index contributed by atoms with van der Waals surface area (Å²) in [6.07, 6.45) is 2.98. The largest absolute Gasteiger partial charge is 0.481 e. The van der Waals surface area contributed by atoms with Gasteiger partial charge in [0.25, 0.3) is 0 Å². The van der Waals surface area contributed by atoms with Crippen LogP contribution in [0, 0.1) is 11.3 Å². The highest BCUT2D eigenvalue weighted by atomic mass is 16.4. The molecule has 6 nitrogen and oxygen atoms in total. The van der Waals surface area contributed by atoms with Gasteiger partial charge in [-0.3, -0.25) is 4.79 Å². The number of carbonyl (C=O) groups excluding carboxylic acids is 1. The summed E-state index contributed by atoms with van der Waals surface area (Å²) in [7, 11) is 0. The fourth-order valence-electron chi connectivity index (χ4n) is 2.19. The third-order valence-electron chi connectivity index (χ3n) is 3.37. The number of carbonyl (C=O) groups is 2. The van der Waals surface area contributed by atoms with Crippen molar-refractivity contribution in [1.29, 1.82) is 5.26 Å². The number of benzene rings is 1. The predicted molar refractivity (Wildman–Crippen MR) is 86.8 cm³/mol. The SMILES string of the molecule is N#CCCCCNC(=O)NC(CCC(=O)O)Cc1ccccc1. The molecule has 0 aliphatic heterocycles. The van der Waals surface area contributed by atoms with E-state index >= 15 is 0 Å². The van der Waals surface area contributed by atoms with Crippen molar-refractivity contribution in [3.63, 3.8) is 0 Å². The average Bonchev–Trinajstić information content (AvgIpc) is 2.53. The van der Waals surface area contributed by atoms with Crippen molar-refractivity contribution in [2.24, 2.45) is 0 Å². The lowest BCUT2D eigenvalue weighted by molar-refractivity contribution is -0.137. The van der Waals surface area contributed by atoms with E-state index in [0.717, 1.165) is 18.4 Å². The van der Waals surface area contributed by atoms with Gasteiger partial charge in [-0.05, 0) is 31.2 Å². The fraction of sp³-hybridized carbons (Fsp3) is 0.471. The van der Waals surface area contributed by atoms with Gasteiger partial charge in [-0.1, -0.05) is 30.3 Å². The van der Waals surface area contributed by atoms with Crippen LogP contribution < -0.4 is 10.6 Å². The van der Waals surface area contributed by atoms with Gasteiger partial charge in [0.1, 0.15) is 0 Å². The molecule has 23 heavy (non-hydrogen) atoms. The minimum atomic E-state index is -0.873. The Morgan fingerprint density at radius 2 is 1.96 bits per heavy atom. The lowest BCUT2D eigenvalue weighted by Crippen LogP contribution is -2.43. The summed E-state index contributed by atoms with van der Waals surface area (Å²) in [5.41, 5.74) is 1.05. The minimum Gasteiger partial charge on any atom is -0.481 e. The van der Waals surface area contributed by atoms with E-state index in [1.165, 1.54) is 0 Å². The number of carboxylic acid groups (broad SMARTS) is 1. The van der Waals surface area contributed by atoms with Crippen LogP contribution in [0.2, 0.25) is 0 Å². The molecule has 0 saturated carbocycles. The van der Waals surface area contributed by atoms with E-state index in [4.69, 9.17) is 10.4 Å². The Balaban J connectivity index is 2.43. The van der Waals surface area contributed by atoms with Gasteiger partial charge in [0.2, 0.25) is 0 Å². The van der Waals surface area contributed by atoms with Crippen molar-refractivity contribution < 1.29 is 14.7 Å². The zero-order valence-corrected chi connectivity index (χ0v) is 13.1. The average molecular weight is 317 g/mol. The third-order valence-corrected chi connectivity index (χ3v) is 3.37. The normalized spacial score (nSPS) is 11.3. The topological polar surface area (TPSA) is 102 Å². The molecule has 1 unspecified atom stereocenters. The number of nitriles is 1. The number of carboxylic acids is 1. The first-order chi connectivity index (χ1) is 11.1. The number of rotatable bonds is 10. The van der Waals surface area contributed by atoms with Gasteiger partial charge in [0, 0.05) is 25.4 Å². The molecule has 0 aromatic heterocycles. The zero-order valence-electron chi connectivity index (χ0n) is 13.1. The van der Waals surface area contributed by atoms with Gasteiger partial charge in [0.15, 0.2) is 0 Å². The number of hydrogen-bond acceptors (Lipinski definition) is 3. The van der Waals surface area contributed by atoms with Gasteiger partial charge < -0.3 is 15.7 Å². The number of hydrogen-bond donors (Lipinski definition) is 3. The summed E-state index contributed by atoms with van der Waals surface area (Å²) in [5, 5.41) is 22.8. The Labute approximate surface area is 136 Å². The van der Waals surface area contributed by atoms with Crippen LogP contribution in [0.3, 0.4) is 0 Å². The quantitative estimate of drug-likeness (QED) is 0.577. The van der Waals surface area contributed by atoms with E-state index in [9.17, 15) is 9.59 Å². The first-order valence-corrected chi connectivity index (χ1v) is 7.79. The summed E-state index contributed by atoms with van der Waals surface area (Å²) in [6.45, 7) is 0.504. The predicted octanol–water partition coefficient (Wildman–Crippen LogP) is 2.46. The van der Waals surface area contributed by atoms with Crippen LogP contribution in [-0.2, 0) is 11.2 Å². The van der Waals surface area contributed by atoms with Crippen molar-refractivity contribution >= 4 is 12.0 Å². The van der Waals surface area contributed by atoms with Crippen LogP contribution in [0.4, 0.5) is 4.79 Å². The van der Waals surface area contributed by atoms with E-state index in [2.05, 4.69) is 16.7 Å². The molecule has 1 rings (SSSR count). The Morgan fingerprint density at radius 3 is 2.61 bits per heavy atom. The molecule has 6 heteroatoms. The number of nitrogens with one attached hydrogen (secondary N) is 2. The molecule has 0 aliphatic carbocycles. The van der Waals surface area contributed by atoms with Crippen molar-refractivity contribution in [3.05, 3.63) is 35.9 Å². The van der Waals surface area contributed by atoms with E-state index < -0.39 is 5.97 Å². The first kappa shape index (κ1) is 18.5. The lowest BCUT2D eigenvalue weighted by Gasteiger charge is -2.18. The molecule has 2 amide bonds. The Bertz CT molecular complexity index is 526. The van der Waals surface area contributed by atoms with Crippen molar-refractivity contribution in [2.75, 3.05) is 6.54 Å². The van der Waals surface area contributed by atoms with Gasteiger partial charge in [-0.15, -0.1) is 0 Å². The molecule has 1 aromatic carbocycles. The molecular formula is C17H23N3O3. The summed E-state index contributed by atoms with van der Waals surface area (Å²) in [4.78, 5) is 22.6. The molecule has 0 aliphatic rings. The second kappa shape index (κ2) is 11.1. The van der Waals surface area contributed by atoms with E-state index in [0.29, 0.717) is 25.8 Å². The second-order valence-corrected chi connectivity index (χ2v) is 5.33. The van der Waals surface area contributed by atoms with Crippen LogP contribution in [0.5, 0.6) is 0 Å². The Morgan fingerprint density at radius 1 is 1.22 bits per heavy atom. The van der Waals surface area contributed by atoms with Crippen LogP contribution in [0.25, 0.3) is 0 Å². The maximum atomic E-state index is 11.9. The number of nitrogens with zero attached hydrogens (tertiary/aromatic N) is 1. The standard InChI is InChI=1S/C17H23N3O3/c18-11-5-2-6-12-19-17(23)20-15(9-10-16(21)22)13-14-7-3-1-4-8-14/h1,3-4,7-8,15H,2,5-6,9-10,12-13H2,(H,21,22)(H2,19,20,23). The minimum absolute atomic E-state index is 0.0138. The lowest BCUT2D eigenvalue weighted by atomic mass is 10.0. The van der Waals surface area contributed by atoms with Crippen LogP contribution in [0.1, 0.15) is 37.7 Å². The highest BCUT2D eigenvalue weighted by Crippen LogP contribution is 2.08. The third kappa shape index (κ3) is 9.14. The maximum Gasteiger partial charge on any atom is 0.315 e. The van der Waals surface area contributed by atoms with E-state index in [-0.39, 0.29) is 18.5 Å². The summed E-state index contributed by atoms with van der Waals surface area (Å²) in [5.74, 6) is -0.873. The molecule has 3 N–H and O–H groups in total. The number of amides is 2. The number of unbranched alkanes of at least 4 members (excludes halogenated alkanes) is 2. The van der Waals surface area contributed by atoms with Crippen LogP contribution >= 0.6 is 0 Å². The number of aliphatic carboxylic acids is 1. The highest BCUT2D eigenvalue weighted by Gasteiger charge is 2.14. The second-order valence-electron chi connectivity index (χ2n) is 5.33. The molecule has 0 spiro atoms. The van der Waals surface area contributed by atoms with Crippen LogP contribution in [0.15, 0.2) is 30.3 Å². The van der Waals surface area contributed by atoms with Gasteiger partial charge in [-0.2, -0.15) is 5.26 Å². The summed E-state index contributed by atoms with van der Waals surface area (Å²) in [6, 6.07) is 11.2. The Hall–Kier alpha value is -2.55. The molecule has 0 heterocycles. The zero-order chi connectivity index (χ0) is 16.9. The van der Waals surface area contributed by atoms with Gasteiger partial charge >= 0.3 is 12.0 Å². The van der Waals surface area contributed by atoms with E-state index in [1.54, 1.807) is 0 Å². The highest BCUT2D eigenvalue weighted by molar-refractivity contribution is 5.74.